The molecule has 0 bridgehead atoms. The van der Waals surface area contributed by atoms with Crippen LogP contribution < -0.4 is 0 Å². The Labute approximate surface area is 107 Å². The van der Waals surface area contributed by atoms with Crippen molar-refractivity contribution in [2.75, 3.05) is 0 Å². The second-order valence-electron chi connectivity index (χ2n) is 4.69. The van der Waals surface area contributed by atoms with Crippen LogP contribution in [0.3, 0.4) is 0 Å². The third-order valence-corrected chi connectivity index (χ3v) is 2.79. The number of aryl methyl sites for hydroxylation is 1. The van der Waals surface area contributed by atoms with Crippen molar-refractivity contribution in [1.29, 1.82) is 0 Å². The van der Waals surface area contributed by atoms with Gasteiger partial charge in [-0.1, -0.05) is 6.07 Å². The number of aliphatic hydroxyl groups excluding tert-OH is 1. The highest BCUT2D eigenvalue weighted by molar-refractivity contribution is 5.14. The molecule has 0 aliphatic heterocycles. The molecule has 0 aliphatic rings. The molecule has 2 heterocycles. The maximum Gasteiger partial charge on any atom is 0.138 e. The van der Waals surface area contributed by atoms with Crippen LogP contribution in [-0.2, 0) is 6.42 Å². The monoisotopic (exact) mass is 246 g/mol. The summed E-state index contributed by atoms with van der Waals surface area (Å²) in [6, 6.07) is 4.02. The first-order chi connectivity index (χ1) is 8.58. The fourth-order valence-corrected chi connectivity index (χ4v) is 1.81. The number of pyridine rings is 1. The van der Waals surface area contributed by atoms with E-state index in [-0.39, 0.29) is 6.04 Å². The van der Waals surface area contributed by atoms with Gasteiger partial charge < -0.3 is 5.11 Å². The average Bonchev–Trinajstić information content (AvgIpc) is 2.78. The van der Waals surface area contributed by atoms with E-state index in [0.717, 1.165) is 11.4 Å². The van der Waals surface area contributed by atoms with Crippen LogP contribution in [0.2, 0.25) is 0 Å². The molecule has 96 valence electrons. The van der Waals surface area contributed by atoms with Gasteiger partial charge in [0, 0.05) is 18.7 Å². The predicted molar refractivity (Wildman–Crippen MR) is 68.0 cm³/mol. The summed E-state index contributed by atoms with van der Waals surface area (Å²) in [5.41, 5.74) is 1.75. The molecule has 5 heteroatoms. The lowest BCUT2D eigenvalue weighted by Gasteiger charge is -2.13. The molecule has 0 fully saturated rings. The van der Waals surface area contributed by atoms with Crippen molar-refractivity contribution in [3.05, 3.63) is 41.7 Å². The van der Waals surface area contributed by atoms with E-state index in [1.54, 1.807) is 6.20 Å². The molecule has 0 aliphatic carbocycles. The molecule has 18 heavy (non-hydrogen) atoms. The molecule has 0 saturated carbocycles. The van der Waals surface area contributed by atoms with Gasteiger partial charge in [-0.15, -0.1) is 0 Å². The van der Waals surface area contributed by atoms with Gasteiger partial charge in [0.05, 0.1) is 5.69 Å². The van der Waals surface area contributed by atoms with Gasteiger partial charge in [0.25, 0.3) is 0 Å². The number of aliphatic hydroxyl groups is 1. The topological polar surface area (TPSA) is 63.8 Å². The van der Waals surface area contributed by atoms with Gasteiger partial charge in [0.15, 0.2) is 0 Å². The lowest BCUT2D eigenvalue weighted by Crippen LogP contribution is -2.12. The second kappa shape index (κ2) is 5.27. The van der Waals surface area contributed by atoms with Crippen molar-refractivity contribution in [2.24, 2.45) is 0 Å². The van der Waals surface area contributed by atoms with Crippen molar-refractivity contribution in [2.45, 2.75) is 39.3 Å². The smallest absolute Gasteiger partial charge is 0.138 e. The third-order valence-electron chi connectivity index (χ3n) is 2.79. The van der Waals surface area contributed by atoms with Crippen molar-refractivity contribution >= 4 is 0 Å². The minimum Gasteiger partial charge on any atom is -0.386 e. The number of nitrogens with zero attached hydrogens (tertiary/aromatic N) is 4. The van der Waals surface area contributed by atoms with E-state index in [0.29, 0.717) is 12.1 Å². The Morgan fingerprint density at radius 3 is 2.67 bits per heavy atom. The number of aromatic nitrogens is 4. The standard InChI is InChI=1S/C13H18N4O/c1-9(2)17-13(15-8-16-17)6-12(18)11-5-4-10(3)7-14-11/h4-5,7-9,12,18H,6H2,1-3H3. The molecule has 2 rings (SSSR count). The van der Waals surface area contributed by atoms with Crippen LogP contribution in [0, 0.1) is 6.92 Å². The van der Waals surface area contributed by atoms with Gasteiger partial charge in [-0.3, -0.25) is 4.98 Å². The van der Waals surface area contributed by atoms with Gasteiger partial charge in [-0.2, -0.15) is 5.10 Å². The van der Waals surface area contributed by atoms with Gasteiger partial charge >= 0.3 is 0 Å². The van der Waals surface area contributed by atoms with Crippen molar-refractivity contribution in [3.8, 4) is 0 Å². The molecule has 5 nitrogen and oxygen atoms in total. The van der Waals surface area contributed by atoms with Gasteiger partial charge in [0.1, 0.15) is 18.3 Å². The van der Waals surface area contributed by atoms with E-state index in [1.165, 1.54) is 6.33 Å². The summed E-state index contributed by atoms with van der Waals surface area (Å²) in [5, 5.41) is 14.3. The SMILES string of the molecule is Cc1ccc(C(O)Cc2ncnn2C(C)C)nc1. The zero-order chi connectivity index (χ0) is 13.1. The zero-order valence-corrected chi connectivity index (χ0v) is 10.9. The Morgan fingerprint density at radius 1 is 1.28 bits per heavy atom. The zero-order valence-electron chi connectivity index (χ0n) is 10.9. The first kappa shape index (κ1) is 12.7. The van der Waals surface area contributed by atoms with E-state index in [9.17, 15) is 5.11 Å². The Balaban J connectivity index is 2.13. The largest absolute Gasteiger partial charge is 0.386 e. The highest BCUT2D eigenvalue weighted by atomic mass is 16.3. The summed E-state index contributed by atoms with van der Waals surface area (Å²) in [6.07, 6.45) is 3.05. The summed E-state index contributed by atoms with van der Waals surface area (Å²) in [7, 11) is 0. The fraction of sp³-hybridized carbons (Fsp3) is 0.462. The summed E-state index contributed by atoms with van der Waals surface area (Å²) in [4.78, 5) is 8.41. The highest BCUT2D eigenvalue weighted by Gasteiger charge is 2.15. The van der Waals surface area contributed by atoms with E-state index in [2.05, 4.69) is 15.1 Å². The van der Waals surface area contributed by atoms with Gasteiger partial charge in [0.2, 0.25) is 0 Å². The summed E-state index contributed by atoms with van der Waals surface area (Å²) in [6.45, 7) is 6.04. The summed E-state index contributed by atoms with van der Waals surface area (Å²) >= 11 is 0. The van der Waals surface area contributed by atoms with E-state index < -0.39 is 6.10 Å². The van der Waals surface area contributed by atoms with Crippen molar-refractivity contribution in [1.82, 2.24) is 19.7 Å². The van der Waals surface area contributed by atoms with E-state index in [4.69, 9.17) is 0 Å². The molecule has 0 amide bonds. The molecule has 1 unspecified atom stereocenters. The minimum absolute atomic E-state index is 0.237. The van der Waals surface area contributed by atoms with Crippen LogP contribution >= 0.6 is 0 Å². The fourth-order valence-electron chi connectivity index (χ4n) is 1.81. The van der Waals surface area contributed by atoms with E-state index in [1.807, 2.05) is 37.6 Å². The Morgan fingerprint density at radius 2 is 2.06 bits per heavy atom. The Kier molecular flexibility index (Phi) is 3.72. The highest BCUT2D eigenvalue weighted by Crippen LogP contribution is 2.16. The number of hydrogen-bond donors (Lipinski definition) is 1. The molecule has 0 radical (unpaired) electrons. The summed E-state index contributed by atoms with van der Waals surface area (Å²) < 4.78 is 1.82. The van der Waals surface area contributed by atoms with Crippen molar-refractivity contribution in [3.63, 3.8) is 0 Å². The Hall–Kier alpha value is -1.75. The molecular formula is C13H18N4O. The quantitative estimate of drug-likeness (QED) is 0.894. The first-order valence-electron chi connectivity index (χ1n) is 6.07. The van der Waals surface area contributed by atoms with Crippen LogP contribution in [0.25, 0.3) is 0 Å². The lowest BCUT2D eigenvalue weighted by molar-refractivity contribution is 0.168. The molecule has 0 spiro atoms. The molecule has 2 aromatic heterocycles. The average molecular weight is 246 g/mol. The van der Waals surface area contributed by atoms with Crippen molar-refractivity contribution < 1.29 is 5.11 Å². The number of rotatable bonds is 4. The molecule has 1 N–H and O–H groups in total. The minimum atomic E-state index is -0.646. The third kappa shape index (κ3) is 2.73. The summed E-state index contributed by atoms with van der Waals surface area (Å²) in [5.74, 6) is 0.778. The molecule has 0 aromatic carbocycles. The predicted octanol–water partition coefficient (Wildman–Crippen LogP) is 1.84. The number of hydrogen-bond acceptors (Lipinski definition) is 4. The lowest BCUT2D eigenvalue weighted by atomic mass is 10.1. The van der Waals surface area contributed by atoms with Crippen LogP contribution in [0.5, 0.6) is 0 Å². The second-order valence-corrected chi connectivity index (χ2v) is 4.69. The van der Waals surface area contributed by atoms with Crippen LogP contribution in [0.15, 0.2) is 24.7 Å². The van der Waals surface area contributed by atoms with E-state index >= 15 is 0 Å². The molecule has 0 saturated heterocycles. The van der Waals surface area contributed by atoms with Gasteiger partial charge in [-0.25, -0.2) is 9.67 Å². The maximum atomic E-state index is 10.1. The van der Waals surface area contributed by atoms with Crippen LogP contribution in [0.4, 0.5) is 0 Å². The molecule has 1 atom stereocenters. The van der Waals surface area contributed by atoms with Crippen LogP contribution in [0.1, 0.15) is 43.1 Å². The molecular weight excluding hydrogens is 228 g/mol. The molecule has 2 aromatic rings. The first-order valence-corrected chi connectivity index (χ1v) is 6.07. The van der Waals surface area contributed by atoms with Gasteiger partial charge in [-0.05, 0) is 32.4 Å². The normalized spacial score (nSPS) is 12.9. The maximum absolute atomic E-state index is 10.1. The van der Waals surface area contributed by atoms with Crippen LogP contribution in [-0.4, -0.2) is 24.9 Å². The Bertz CT molecular complexity index is 504.